The molecule has 0 amide bonds. The van der Waals surface area contributed by atoms with Crippen LogP contribution in [0.1, 0.15) is 24.0 Å². The third kappa shape index (κ3) is 2.51. The van der Waals surface area contributed by atoms with Gasteiger partial charge in [-0.05, 0) is 37.0 Å². The van der Waals surface area contributed by atoms with E-state index in [2.05, 4.69) is 21.9 Å². The first kappa shape index (κ1) is 16.4. The highest BCUT2D eigenvalue weighted by Gasteiger charge is 2.60. The van der Waals surface area contributed by atoms with Crippen molar-refractivity contribution < 1.29 is 13.5 Å². The first-order valence-corrected chi connectivity index (χ1v) is 8.39. The number of nitrogens with zero attached hydrogens (tertiary/aromatic N) is 2. The summed E-state index contributed by atoms with van der Waals surface area (Å²) in [5.41, 5.74) is -1.64. The highest BCUT2D eigenvalue weighted by atomic mass is 35.5. The lowest BCUT2D eigenvalue weighted by Crippen LogP contribution is -2.50. The number of hydrogen-bond acceptors (Lipinski definition) is 4. The van der Waals surface area contributed by atoms with Crippen molar-refractivity contribution >= 4 is 23.2 Å². The Hall–Kier alpha value is -2.05. The summed E-state index contributed by atoms with van der Waals surface area (Å²) < 4.78 is 36.5. The Morgan fingerprint density at radius 1 is 1.36 bits per heavy atom. The third-order valence-electron chi connectivity index (χ3n) is 4.62. The van der Waals surface area contributed by atoms with Crippen LogP contribution < -0.4 is 5.32 Å². The monoisotopic (exact) mass is 363 g/mol. The predicted molar refractivity (Wildman–Crippen MR) is 91.4 cm³/mol. The minimum atomic E-state index is -3.39. The van der Waals surface area contributed by atoms with E-state index >= 15 is 8.78 Å². The largest absolute Gasteiger partial charge is 0.358 e. The molecule has 4 nitrogen and oxygen atoms in total. The lowest BCUT2D eigenvalue weighted by molar-refractivity contribution is -0.168. The Morgan fingerprint density at radius 3 is 2.84 bits per heavy atom. The molecular weight excluding hydrogens is 348 g/mol. The van der Waals surface area contributed by atoms with Crippen LogP contribution in [0.5, 0.6) is 0 Å². The topological polar surface area (TPSA) is 47.0 Å². The standard InChI is InChI=1S/C18H16ClF2N3O/c1-2-17(20,21)18(25-10-11-5-6-11)13-4-3-7-22-15(13)24-16-14(18)8-12(19)9-23-16/h2-4,7-9,11H,1,5-6,10H2,(H,22,23,24). The fraction of sp³-hybridized carbons (Fsp3) is 0.333. The highest BCUT2D eigenvalue weighted by molar-refractivity contribution is 6.30. The van der Waals surface area contributed by atoms with E-state index in [4.69, 9.17) is 16.3 Å². The first-order valence-electron chi connectivity index (χ1n) is 8.02. The Balaban J connectivity index is 1.99. The molecule has 2 aliphatic rings. The molecule has 0 radical (unpaired) electrons. The molecule has 0 aromatic carbocycles. The van der Waals surface area contributed by atoms with E-state index in [1.165, 1.54) is 18.5 Å². The molecule has 1 aliphatic heterocycles. The number of fused-ring (bicyclic) bond motifs is 2. The molecule has 2 aromatic rings. The average molecular weight is 364 g/mol. The van der Waals surface area contributed by atoms with Gasteiger partial charge >= 0.3 is 5.92 Å². The molecule has 1 N–H and O–H groups in total. The van der Waals surface area contributed by atoms with Crippen molar-refractivity contribution in [2.45, 2.75) is 24.4 Å². The lowest BCUT2D eigenvalue weighted by Gasteiger charge is -2.43. The zero-order valence-electron chi connectivity index (χ0n) is 13.3. The molecule has 1 aliphatic carbocycles. The zero-order chi connectivity index (χ0) is 17.7. The summed E-state index contributed by atoms with van der Waals surface area (Å²) in [5.74, 6) is -2.54. The van der Waals surface area contributed by atoms with Gasteiger partial charge in [-0.1, -0.05) is 24.2 Å². The van der Waals surface area contributed by atoms with Gasteiger partial charge in [-0.15, -0.1) is 0 Å². The smallest absolute Gasteiger partial charge is 0.303 e. The SMILES string of the molecule is C=CC(F)(F)C1(OCC2CC2)c2cccnc2Nc2ncc(Cl)cc21. The molecular formula is C18H16ClF2N3O. The van der Waals surface area contributed by atoms with Crippen LogP contribution in [0, 0.1) is 5.92 Å². The molecule has 0 bridgehead atoms. The van der Waals surface area contributed by atoms with Crippen LogP contribution in [0.15, 0.2) is 43.2 Å². The first-order chi connectivity index (χ1) is 12.0. The van der Waals surface area contributed by atoms with Gasteiger partial charge in [0.2, 0.25) is 0 Å². The van der Waals surface area contributed by atoms with Gasteiger partial charge in [0.15, 0.2) is 5.60 Å². The molecule has 1 saturated carbocycles. The van der Waals surface area contributed by atoms with Crippen LogP contribution in [0.25, 0.3) is 0 Å². The predicted octanol–water partition coefficient (Wildman–Crippen LogP) is 4.68. The van der Waals surface area contributed by atoms with E-state index in [9.17, 15) is 0 Å². The second kappa shape index (κ2) is 5.75. The molecule has 4 rings (SSSR count). The van der Waals surface area contributed by atoms with Gasteiger partial charge in [-0.2, -0.15) is 8.78 Å². The summed E-state index contributed by atoms with van der Waals surface area (Å²) >= 11 is 6.07. The van der Waals surface area contributed by atoms with Gasteiger partial charge in [0.1, 0.15) is 11.6 Å². The minimum Gasteiger partial charge on any atom is -0.358 e. The molecule has 0 spiro atoms. The Morgan fingerprint density at radius 2 is 2.12 bits per heavy atom. The Kier molecular flexibility index (Phi) is 3.77. The summed E-state index contributed by atoms with van der Waals surface area (Å²) in [6.45, 7) is 3.57. The minimum absolute atomic E-state index is 0.186. The van der Waals surface area contributed by atoms with Gasteiger partial charge in [0.05, 0.1) is 11.6 Å². The third-order valence-corrected chi connectivity index (χ3v) is 4.82. The molecule has 25 heavy (non-hydrogen) atoms. The number of rotatable bonds is 5. The van der Waals surface area contributed by atoms with E-state index in [-0.39, 0.29) is 28.6 Å². The van der Waals surface area contributed by atoms with Crippen molar-refractivity contribution in [1.29, 1.82) is 0 Å². The molecule has 0 saturated heterocycles. The van der Waals surface area contributed by atoms with Crippen molar-refractivity contribution in [2.75, 3.05) is 11.9 Å². The van der Waals surface area contributed by atoms with E-state index in [0.29, 0.717) is 17.8 Å². The summed E-state index contributed by atoms with van der Waals surface area (Å²) in [7, 11) is 0. The summed E-state index contributed by atoms with van der Waals surface area (Å²) in [4.78, 5) is 8.37. The number of aromatic nitrogens is 2. The molecule has 130 valence electrons. The van der Waals surface area contributed by atoms with Gasteiger partial charge in [-0.3, -0.25) is 0 Å². The normalized spacial score (nSPS) is 21.9. The van der Waals surface area contributed by atoms with E-state index in [1.54, 1.807) is 12.1 Å². The maximum absolute atomic E-state index is 15.3. The van der Waals surface area contributed by atoms with E-state index in [1.807, 2.05) is 0 Å². The Labute approximate surface area is 148 Å². The number of hydrogen-bond donors (Lipinski definition) is 1. The van der Waals surface area contributed by atoms with Crippen LogP contribution in [-0.2, 0) is 10.3 Å². The molecule has 1 fully saturated rings. The molecule has 1 atom stereocenters. The highest BCUT2D eigenvalue weighted by Crippen LogP contribution is 2.54. The number of halogens is 3. The fourth-order valence-corrected chi connectivity index (χ4v) is 3.29. The van der Waals surface area contributed by atoms with Crippen LogP contribution >= 0.6 is 11.6 Å². The maximum atomic E-state index is 15.3. The van der Waals surface area contributed by atoms with Crippen molar-refractivity contribution in [1.82, 2.24) is 9.97 Å². The number of alkyl halides is 2. The quantitative estimate of drug-likeness (QED) is 0.784. The van der Waals surface area contributed by atoms with Crippen molar-refractivity contribution in [3.8, 4) is 0 Å². The summed E-state index contributed by atoms with van der Waals surface area (Å²) in [6.07, 6.45) is 5.51. The van der Waals surface area contributed by atoms with Crippen molar-refractivity contribution in [2.24, 2.45) is 5.92 Å². The van der Waals surface area contributed by atoms with E-state index < -0.39 is 11.5 Å². The molecule has 7 heteroatoms. The summed E-state index contributed by atoms with van der Waals surface area (Å²) in [5, 5.41) is 3.25. The van der Waals surface area contributed by atoms with Crippen LogP contribution in [0.3, 0.4) is 0 Å². The van der Waals surface area contributed by atoms with Crippen molar-refractivity contribution in [3.05, 3.63) is 59.4 Å². The van der Waals surface area contributed by atoms with E-state index in [0.717, 1.165) is 12.8 Å². The van der Waals surface area contributed by atoms with Gasteiger partial charge in [0, 0.05) is 23.5 Å². The van der Waals surface area contributed by atoms with Gasteiger partial charge < -0.3 is 10.1 Å². The maximum Gasteiger partial charge on any atom is 0.303 e. The lowest BCUT2D eigenvalue weighted by atomic mass is 9.78. The number of nitrogens with one attached hydrogen (secondary N) is 1. The van der Waals surface area contributed by atoms with Crippen LogP contribution in [0.4, 0.5) is 20.4 Å². The van der Waals surface area contributed by atoms with Gasteiger partial charge in [0.25, 0.3) is 0 Å². The molecule has 3 heterocycles. The number of ether oxygens (including phenoxy) is 1. The van der Waals surface area contributed by atoms with Crippen LogP contribution in [-0.4, -0.2) is 22.5 Å². The Bertz CT molecular complexity index is 841. The number of pyridine rings is 2. The molecule has 1 unspecified atom stereocenters. The number of anilines is 2. The second-order valence-electron chi connectivity index (χ2n) is 6.34. The van der Waals surface area contributed by atoms with Gasteiger partial charge in [-0.25, -0.2) is 9.97 Å². The zero-order valence-corrected chi connectivity index (χ0v) is 14.1. The van der Waals surface area contributed by atoms with Crippen LogP contribution in [0.2, 0.25) is 5.02 Å². The average Bonchev–Trinajstić information content (AvgIpc) is 3.43. The van der Waals surface area contributed by atoms with Crippen molar-refractivity contribution in [3.63, 3.8) is 0 Å². The summed E-state index contributed by atoms with van der Waals surface area (Å²) in [6, 6.07) is 4.67. The second-order valence-corrected chi connectivity index (χ2v) is 6.77. The fourth-order valence-electron chi connectivity index (χ4n) is 3.14. The molecule has 2 aromatic heterocycles.